The summed E-state index contributed by atoms with van der Waals surface area (Å²) >= 11 is 0. The van der Waals surface area contributed by atoms with Gasteiger partial charge in [-0.25, -0.2) is 0 Å². The monoisotopic (exact) mass is 317 g/mol. The number of anilines is 2. The fourth-order valence-electron chi connectivity index (χ4n) is 1.85. The molecule has 9 nitrogen and oxygen atoms in total. The number of aryl methyl sites for hydroxylation is 1. The largest absolute Gasteiger partial charge is 0.326 e. The molecule has 2 N–H and O–H groups in total. The highest BCUT2D eigenvalue weighted by Gasteiger charge is 2.10. The Morgan fingerprint density at radius 3 is 2.35 bits per heavy atom. The van der Waals surface area contributed by atoms with E-state index in [1.54, 1.807) is 24.3 Å². The topological polar surface area (TPSA) is 119 Å². The van der Waals surface area contributed by atoms with Crippen molar-refractivity contribution >= 4 is 28.9 Å². The Labute approximate surface area is 131 Å². The minimum atomic E-state index is -0.541. The minimum absolute atomic E-state index is 0.112. The Morgan fingerprint density at radius 1 is 1.22 bits per heavy atom. The summed E-state index contributed by atoms with van der Waals surface area (Å²) in [4.78, 5) is 32.7. The molecule has 0 saturated heterocycles. The van der Waals surface area contributed by atoms with Crippen LogP contribution >= 0.6 is 0 Å². The predicted octanol–water partition coefficient (Wildman–Crippen LogP) is 1.78. The van der Waals surface area contributed by atoms with Gasteiger partial charge in [0.2, 0.25) is 11.8 Å². The first-order valence-corrected chi connectivity index (χ1v) is 6.78. The summed E-state index contributed by atoms with van der Waals surface area (Å²) < 4.78 is 1.34. The average Bonchev–Trinajstić information content (AvgIpc) is 2.96. The number of nitro groups is 1. The first-order valence-electron chi connectivity index (χ1n) is 6.78. The highest BCUT2D eigenvalue weighted by Crippen LogP contribution is 2.14. The second kappa shape index (κ2) is 7.16. The molecule has 120 valence electrons. The van der Waals surface area contributed by atoms with E-state index < -0.39 is 4.92 Å². The van der Waals surface area contributed by atoms with Crippen LogP contribution in [0.25, 0.3) is 0 Å². The van der Waals surface area contributed by atoms with Gasteiger partial charge in [-0.3, -0.25) is 24.4 Å². The van der Waals surface area contributed by atoms with Crippen LogP contribution in [0, 0.1) is 10.1 Å². The molecule has 0 aliphatic heterocycles. The summed E-state index contributed by atoms with van der Waals surface area (Å²) in [6.07, 6.45) is 2.54. The maximum Gasteiger partial charge on any atom is 0.306 e. The number of nitrogens with zero attached hydrogens (tertiary/aromatic N) is 3. The molecule has 0 fully saturated rings. The molecule has 1 aromatic carbocycles. The molecule has 0 aliphatic rings. The van der Waals surface area contributed by atoms with E-state index in [-0.39, 0.29) is 30.5 Å². The molecule has 0 aliphatic carbocycles. The van der Waals surface area contributed by atoms with Crippen LogP contribution in [0.4, 0.5) is 17.1 Å². The maximum absolute atomic E-state index is 11.8. The zero-order valence-electron chi connectivity index (χ0n) is 12.4. The van der Waals surface area contributed by atoms with E-state index in [9.17, 15) is 19.7 Å². The zero-order chi connectivity index (χ0) is 16.8. The first kappa shape index (κ1) is 16.1. The van der Waals surface area contributed by atoms with Gasteiger partial charge in [0, 0.05) is 31.3 Å². The SMILES string of the molecule is CC(=O)Nc1ccc(NC(=O)CCn2cc([N+](=O)[O-])cn2)cc1. The third-order valence-electron chi connectivity index (χ3n) is 2.89. The van der Waals surface area contributed by atoms with Gasteiger partial charge in [-0.05, 0) is 24.3 Å². The molecule has 1 aromatic heterocycles. The molecule has 23 heavy (non-hydrogen) atoms. The van der Waals surface area contributed by atoms with Gasteiger partial charge in [-0.2, -0.15) is 5.10 Å². The summed E-state index contributed by atoms with van der Waals surface area (Å²) in [5.74, 6) is -0.412. The standard InChI is InChI=1S/C14H15N5O4/c1-10(20)16-11-2-4-12(5-3-11)17-14(21)6-7-18-9-13(8-15-18)19(22)23/h2-5,8-9H,6-7H2,1H3,(H,16,20)(H,17,21). The number of carbonyl (C=O) groups is 2. The maximum atomic E-state index is 11.8. The lowest BCUT2D eigenvalue weighted by atomic mass is 10.2. The highest BCUT2D eigenvalue weighted by molar-refractivity contribution is 5.92. The number of rotatable bonds is 6. The second-order valence-electron chi connectivity index (χ2n) is 4.78. The lowest BCUT2D eigenvalue weighted by Gasteiger charge is -2.07. The van der Waals surface area contributed by atoms with Gasteiger partial charge in [0.25, 0.3) is 0 Å². The Hall–Kier alpha value is -3.23. The minimum Gasteiger partial charge on any atom is -0.326 e. The fourth-order valence-corrected chi connectivity index (χ4v) is 1.85. The molecule has 2 rings (SSSR count). The van der Waals surface area contributed by atoms with Gasteiger partial charge >= 0.3 is 5.69 Å². The van der Waals surface area contributed by atoms with Crippen LogP contribution in [-0.4, -0.2) is 26.5 Å². The molecule has 0 saturated carbocycles. The van der Waals surface area contributed by atoms with Crippen LogP contribution in [0.15, 0.2) is 36.7 Å². The van der Waals surface area contributed by atoms with Crippen molar-refractivity contribution in [2.45, 2.75) is 19.9 Å². The number of amides is 2. The van der Waals surface area contributed by atoms with Gasteiger partial charge in [-0.1, -0.05) is 0 Å². The van der Waals surface area contributed by atoms with Crippen molar-refractivity contribution in [3.05, 3.63) is 46.8 Å². The normalized spacial score (nSPS) is 10.1. The highest BCUT2D eigenvalue weighted by atomic mass is 16.6. The molecule has 2 amide bonds. The van der Waals surface area contributed by atoms with Crippen LogP contribution in [0.5, 0.6) is 0 Å². The number of hydrogen-bond acceptors (Lipinski definition) is 5. The lowest BCUT2D eigenvalue weighted by molar-refractivity contribution is -0.385. The number of carbonyl (C=O) groups excluding carboxylic acids is 2. The van der Waals surface area contributed by atoms with E-state index in [0.29, 0.717) is 11.4 Å². The number of nitrogens with one attached hydrogen (secondary N) is 2. The van der Waals surface area contributed by atoms with Crippen molar-refractivity contribution in [3.8, 4) is 0 Å². The predicted molar refractivity (Wildman–Crippen MR) is 82.9 cm³/mol. The average molecular weight is 317 g/mol. The van der Waals surface area contributed by atoms with E-state index in [1.165, 1.54) is 17.8 Å². The van der Waals surface area contributed by atoms with E-state index in [1.807, 2.05) is 0 Å². The molecule has 1 heterocycles. The summed E-state index contributed by atoms with van der Waals surface area (Å²) in [6, 6.07) is 6.69. The zero-order valence-corrected chi connectivity index (χ0v) is 12.4. The van der Waals surface area contributed by atoms with E-state index in [4.69, 9.17) is 0 Å². The van der Waals surface area contributed by atoms with Crippen LogP contribution in [0.2, 0.25) is 0 Å². The lowest BCUT2D eigenvalue weighted by Crippen LogP contribution is -2.14. The second-order valence-corrected chi connectivity index (χ2v) is 4.78. The molecule has 0 atom stereocenters. The number of benzene rings is 1. The molecule has 0 bridgehead atoms. The quantitative estimate of drug-likeness (QED) is 0.621. The molecular weight excluding hydrogens is 302 g/mol. The van der Waals surface area contributed by atoms with Gasteiger partial charge < -0.3 is 10.6 Å². The van der Waals surface area contributed by atoms with Crippen LogP contribution in [0.3, 0.4) is 0 Å². The Bertz CT molecular complexity index is 723. The van der Waals surface area contributed by atoms with Crippen molar-refractivity contribution in [2.75, 3.05) is 10.6 Å². The van der Waals surface area contributed by atoms with Crippen molar-refractivity contribution in [3.63, 3.8) is 0 Å². The summed E-state index contributed by atoms with van der Waals surface area (Å²) in [7, 11) is 0. The first-order chi connectivity index (χ1) is 10.9. The third kappa shape index (κ3) is 4.92. The van der Waals surface area contributed by atoms with Gasteiger partial charge in [-0.15, -0.1) is 0 Å². The third-order valence-corrected chi connectivity index (χ3v) is 2.89. The summed E-state index contributed by atoms with van der Waals surface area (Å²) in [5, 5.41) is 19.7. The van der Waals surface area contributed by atoms with Crippen LogP contribution < -0.4 is 10.6 Å². The summed E-state index contributed by atoms with van der Waals surface area (Å²) in [6.45, 7) is 1.65. The van der Waals surface area contributed by atoms with E-state index in [2.05, 4.69) is 15.7 Å². The molecule has 0 radical (unpaired) electrons. The molecular formula is C14H15N5O4. The molecule has 0 spiro atoms. The van der Waals surface area contributed by atoms with Gasteiger partial charge in [0.05, 0.1) is 4.92 Å². The van der Waals surface area contributed by atoms with Crippen molar-refractivity contribution in [1.29, 1.82) is 0 Å². The number of hydrogen-bond donors (Lipinski definition) is 2. The van der Waals surface area contributed by atoms with Gasteiger partial charge in [0.15, 0.2) is 0 Å². The molecule has 0 unspecified atom stereocenters. The van der Waals surface area contributed by atoms with Crippen LogP contribution in [0.1, 0.15) is 13.3 Å². The fraction of sp³-hybridized carbons (Fsp3) is 0.214. The Morgan fingerprint density at radius 2 is 1.83 bits per heavy atom. The Balaban J connectivity index is 1.84. The smallest absolute Gasteiger partial charge is 0.306 e. The van der Waals surface area contributed by atoms with Crippen molar-refractivity contribution < 1.29 is 14.5 Å². The van der Waals surface area contributed by atoms with Crippen molar-refractivity contribution in [2.24, 2.45) is 0 Å². The van der Waals surface area contributed by atoms with Gasteiger partial charge in [0.1, 0.15) is 12.4 Å². The van der Waals surface area contributed by atoms with Crippen LogP contribution in [-0.2, 0) is 16.1 Å². The molecule has 9 heteroatoms. The Kier molecular flexibility index (Phi) is 5.03. The summed E-state index contributed by atoms with van der Waals surface area (Å²) in [5.41, 5.74) is 1.12. The number of aromatic nitrogens is 2. The van der Waals surface area contributed by atoms with E-state index >= 15 is 0 Å². The van der Waals surface area contributed by atoms with Crippen molar-refractivity contribution in [1.82, 2.24) is 9.78 Å². The molecule has 2 aromatic rings. The van der Waals surface area contributed by atoms with E-state index in [0.717, 1.165) is 6.20 Å².